The van der Waals surface area contributed by atoms with E-state index in [9.17, 15) is 18.0 Å². The molecule has 10 nitrogen and oxygen atoms in total. The van der Waals surface area contributed by atoms with Crippen molar-refractivity contribution in [3.05, 3.63) is 40.6 Å². The third-order valence-electron chi connectivity index (χ3n) is 7.77. The van der Waals surface area contributed by atoms with E-state index in [1.165, 1.54) is 4.68 Å². The first-order valence-electron chi connectivity index (χ1n) is 13.3. The summed E-state index contributed by atoms with van der Waals surface area (Å²) in [4.78, 5) is 24.1. The molecule has 224 valence electrons. The van der Waals surface area contributed by atoms with Gasteiger partial charge >= 0.3 is 6.18 Å². The molecule has 1 saturated heterocycles. The molecule has 1 unspecified atom stereocenters. The number of halogens is 3. The number of carbonyl (C=O) groups is 1. The smallest absolute Gasteiger partial charge is 0.394 e. The lowest BCUT2D eigenvalue weighted by atomic mass is 9.91. The van der Waals surface area contributed by atoms with Gasteiger partial charge in [-0.2, -0.15) is 13.2 Å². The molecule has 2 aromatic heterocycles. The number of aliphatic imine (C=N–C) groups is 1. The normalized spacial score (nSPS) is 22.4. The van der Waals surface area contributed by atoms with Crippen LogP contribution in [0.2, 0.25) is 0 Å². The topological polar surface area (TPSA) is 137 Å². The maximum atomic E-state index is 13.2. The molecule has 41 heavy (non-hydrogen) atoms. The van der Waals surface area contributed by atoms with Gasteiger partial charge in [0.2, 0.25) is 5.88 Å². The van der Waals surface area contributed by atoms with Gasteiger partial charge in [0.25, 0.3) is 5.91 Å². The number of ether oxygens (including phenoxy) is 1. The van der Waals surface area contributed by atoms with Crippen LogP contribution in [0.1, 0.15) is 63.7 Å². The summed E-state index contributed by atoms with van der Waals surface area (Å²) in [5.74, 6) is 0.880. The van der Waals surface area contributed by atoms with Gasteiger partial charge in [0.15, 0.2) is 5.82 Å². The zero-order chi connectivity index (χ0) is 30.4. The van der Waals surface area contributed by atoms with Crippen molar-refractivity contribution in [2.75, 3.05) is 25.1 Å². The number of primary amides is 1. The van der Waals surface area contributed by atoms with Crippen LogP contribution in [0.5, 0.6) is 5.88 Å². The van der Waals surface area contributed by atoms with Gasteiger partial charge < -0.3 is 26.4 Å². The molecular formula is C27H37F3N8O2S. The maximum Gasteiger partial charge on any atom is 0.394 e. The quantitative estimate of drug-likeness (QED) is 0.196. The Morgan fingerprint density at radius 3 is 2.46 bits per heavy atom. The number of carbonyl (C=O) groups excluding carboxylic acids is 1. The van der Waals surface area contributed by atoms with E-state index < -0.39 is 28.6 Å². The predicted molar refractivity (Wildman–Crippen MR) is 155 cm³/mol. The number of nitrogens with one attached hydrogen (secondary N) is 1. The molecule has 2 aliphatic rings. The molecule has 1 saturated carbocycles. The van der Waals surface area contributed by atoms with Crippen LogP contribution in [-0.4, -0.2) is 64.0 Å². The van der Waals surface area contributed by atoms with Crippen LogP contribution >= 0.6 is 12.6 Å². The summed E-state index contributed by atoms with van der Waals surface area (Å²) in [5, 5.41) is 7.80. The first kappa shape index (κ1) is 30.5. The lowest BCUT2D eigenvalue weighted by molar-refractivity contribution is -0.190. The number of nitrogens with zero attached hydrogens (tertiary/aromatic N) is 5. The number of nitrogens with two attached hydrogens (primary N) is 2. The molecule has 0 bridgehead atoms. The van der Waals surface area contributed by atoms with Crippen molar-refractivity contribution in [3.63, 3.8) is 0 Å². The fourth-order valence-electron chi connectivity index (χ4n) is 5.46. The number of aromatic nitrogens is 3. The predicted octanol–water partition coefficient (Wildman–Crippen LogP) is 3.96. The van der Waals surface area contributed by atoms with Gasteiger partial charge in [-0.05, 0) is 65.5 Å². The number of alkyl halides is 3. The van der Waals surface area contributed by atoms with Crippen LogP contribution in [0.15, 0.2) is 40.0 Å². The standard InChI is InChI=1S/C27H37F3N8O2S/c1-16(31)20(41)22(33-5)35-25(4)14-24(2,3)37(15-25)23-17(21(32)39)6-7-18(34-23)38-12-8-19(36-38)40-13-11-26(9-10-26)27(28,29)30/h6-8,12,41H,9-11,13-15,31H2,1-5H3,(H2,32,39)(H,33,35). The van der Waals surface area contributed by atoms with E-state index in [0.717, 1.165) is 0 Å². The number of thiol groups is 1. The van der Waals surface area contributed by atoms with E-state index in [0.29, 0.717) is 41.0 Å². The van der Waals surface area contributed by atoms with E-state index >= 15 is 0 Å². The van der Waals surface area contributed by atoms with E-state index in [4.69, 9.17) is 21.2 Å². The molecule has 3 heterocycles. The van der Waals surface area contributed by atoms with Crippen LogP contribution in [0.4, 0.5) is 19.0 Å². The highest BCUT2D eigenvalue weighted by atomic mass is 32.1. The summed E-state index contributed by atoms with van der Waals surface area (Å²) in [6, 6.07) is 4.76. The van der Waals surface area contributed by atoms with Gasteiger partial charge in [-0.3, -0.25) is 9.79 Å². The summed E-state index contributed by atoms with van der Waals surface area (Å²) in [5.41, 5.74) is 9.87. The second-order valence-corrected chi connectivity index (χ2v) is 12.2. The van der Waals surface area contributed by atoms with Gasteiger partial charge in [0, 0.05) is 37.1 Å². The molecule has 1 atom stereocenters. The third-order valence-corrected chi connectivity index (χ3v) is 8.33. The maximum absolute atomic E-state index is 13.2. The molecule has 0 spiro atoms. The number of amidine groups is 1. The number of amides is 1. The summed E-state index contributed by atoms with van der Waals surface area (Å²) in [6.45, 7) is 8.23. The molecule has 0 aromatic carbocycles. The number of anilines is 1. The molecule has 2 fully saturated rings. The zero-order valence-corrected chi connectivity index (χ0v) is 24.7. The van der Waals surface area contributed by atoms with Crippen molar-refractivity contribution < 1.29 is 22.7 Å². The highest BCUT2D eigenvalue weighted by molar-refractivity contribution is 7.85. The van der Waals surface area contributed by atoms with Crippen molar-refractivity contribution in [1.29, 1.82) is 0 Å². The average Bonchev–Trinajstić information content (AvgIpc) is 3.46. The first-order valence-corrected chi connectivity index (χ1v) is 13.7. The lowest BCUT2D eigenvalue weighted by Crippen LogP contribution is -2.48. The van der Waals surface area contributed by atoms with Gasteiger partial charge in [-0.25, -0.2) is 9.67 Å². The number of hydrogen-bond acceptors (Lipinski definition) is 8. The summed E-state index contributed by atoms with van der Waals surface area (Å²) >= 11 is 4.50. The Kier molecular flexibility index (Phi) is 8.02. The van der Waals surface area contributed by atoms with Crippen LogP contribution in [0.25, 0.3) is 5.82 Å². The zero-order valence-electron chi connectivity index (χ0n) is 23.8. The molecule has 1 amide bonds. The first-order chi connectivity index (χ1) is 19.0. The second-order valence-electron chi connectivity index (χ2n) is 11.7. The van der Waals surface area contributed by atoms with Crippen LogP contribution in [-0.2, 0) is 0 Å². The lowest BCUT2D eigenvalue weighted by Gasteiger charge is -2.33. The summed E-state index contributed by atoms with van der Waals surface area (Å²) in [7, 11) is 1.65. The largest absolute Gasteiger partial charge is 0.477 e. The van der Waals surface area contributed by atoms with Gasteiger partial charge in [-0.15, -0.1) is 17.7 Å². The molecule has 2 aromatic rings. The molecular weight excluding hydrogens is 557 g/mol. The van der Waals surface area contributed by atoms with Gasteiger partial charge in [-0.1, -0.05) is 0 Å². The van der Waals surface area contributed by atoms with E-state index in [-0.39, 0.29) is 37.3 Å². The highest BCUT2D eigenvalue weighted by Gasteiger charge is 2.62. The Morgan fingerprint density at radius 1 is 1.22 bits per heavy atom. The average molecular weight is 595 g/mol. The number of pyridine rings is 1. The fourth-order valence-corrected chi connectivity index (χ4v) is 5.62. The fraction of sp³-hybridized carbons (Fsp3) is 0.556. The van der Waals surface area contributed by atoms with E-state index in [1.807, 2.05) is 25.7 Å². The van der Waals surface area contributed by atoms with Crippen LogP contribution in [0, 0.1) is 5.41 Å². The molecule has 0 radical (unpaired) electrons. The molecule has 1 aliphatic heterocycles. The number of allylic oxidation sites excluding steroid dienone is 1. The number of rotatable bonds is 9. The highest BCUT2D eigenvalue weighted by Crippen LogP contribution is 2.59. The minimum Gasteiger partial charge on any atom is -0.477 e. The Hall–Kier alpha value is -3.42. The van der Waals surface area contributed by atoms with Gasteiger partial charge in [0.1, 0.15) is 11.7 Å². The van der Waals surface area contributed by atoms with Crippen molar-refractivity contribution >= 4 is 30.2 Å². The Labute approximate surface area is 242 Å². The number of hydrogen-bond donors (Lipinski definition) is 4. The van der Waals surface area contributed by atoms with E-state index in [1.54, 1.807) is 38.4 Å². The molecule has 5 N–H and O–H groups in total. The molecule has 1 aliphatic carbocycles. The Balaban J connectivity index is 1.57. The second kappa shape index (κ2) is 10.8. The minimum atomic E-state index is -4.23. The summed E-state index contributed by atoms with van der Waals surface area (Å²) < 4.78 is 46.6. The van der Waals surface area contributed by atoms with Crippen molar-refractivity contribution in [1.82, 2.24) is 20.1 Å². The van der Waals surface area contributed by atoms with Gasteiger partial charge in [0.05, 0.1) is 28.0 Å². The van der Waals surface area contributed by atoms with Crippen molar-refractivity contribution in [2.24, 2.45) is 21.9 Å². The third kappa shape index (κ3) is 6.26. The summed E-state index contributed by atoms with van der Waals surface area (Å²) in [6.07, 6.45) is -1.83. The Bertz CT molecular complexity index is 1380. The minimum absolute atomic E-state index is 0.0979. The monoisotopic (exact) mass is 594 g/mol. The SMILES string of the molecule is CN=C(NC1(C)CN(c2nc(-n3ccc(OCCC4(C(F)(F)F)CC4)n3)ccc2C(N)=O)C(C)(C)C1)C(S)=C(C)N. The van der Waals surface area contributed by atoms with Crippen molar-refractivity contribution in [2.45, 2.75) is 70.6 Å². The van der Waals surface area contributed by atoms with E-state index in [2.05, 4.69) is 28.0 Å². The Morgan fingerprint density at radius 2 is 1.90 bits per heavy atom. The van der Waals surface area contributed by atoms with Crippen LogP contribution < -0.4 is 26.4 Å². The molecule has 14 heteroatoms. The van der Waals surface area contributed by atoms with Crippen molar-refractivity contribution in [3.8, 4) is 11.7 Å². The van der Waals surface area contributed by atoms with Crippen LogP contribution in [0.3, 0.4) is 0 Å². The molecule has 4 rings (SSSR count).